The maximum Gasteiger partial charge on any atom is 0.184 e. The number of halogens is 1. The van der Waals surface area contributed by atoms with Crippen LogP contribution in [0.25, 0.3) is 0 Å². The van der Waals surface area contributed by atoms with Crippen LogP contribution in [0.5, 0.6) is 0 Å². The van der Waals surface area contributed by atoms with E-state index < -0.39 is 0 Å². The Morgan fingerprint density at radius 3 is 2.67 bits per heavy atom. The van der Waals surface area contributed by atoms with Crippen LogP contribution in [0, 0.1) is 0 Å². The minimum absolute atomic E-state index is 0.655. The van der Waals surface area contributed by atoms with E-state index in [9.17, 15) is 0 Å². The molecule has 0 saturated heterocycles. The molecule has 0 unspecified atom stereocenters. The highest BCUT2D eigenvalue weighted by atomic mass is 79.9. The Morgan fingerprint density at radius 1 is 1.17 bits per heavy atom. The molecule has 4 heteroatoms. The van der Waals surface area contributed by atoms with Crippen LogP contribution < -0.4 is 5.43 Å². The molecule has 1 aromatic carbocycles. The number of aliphatic imine (C=N–C) groups is 1. The highest BCUT2D eigenvalue weighted by molar-refractivity contribution is 9.10. The summed E-state index contributed by atoms with van der Waals surface area (Å²) in [6.45, 7) is 0. The molecule has 0 amide bonds. The van der Waals surface area contributed by atoms with Crippen LogP contribution in [0.1, 0.15) is 5.56 Å². The Bertz CT molecular complexity index is 357. The van der Waals surface area contributed by atoms with Crippen molar-refractivity contribution >= 4 is 28.1 Å². The summed E-state index contributed by atoms with van der Waals surface area (Å²) >= 11 is 3.41. The average Bonchev–Trinajstić information content (AvgIpc) is 2.57. The summed E-state index contributed by atoms with van der Waals surface area (Å²) < 4.78 is 0.984. The fourth-order valence-corrected chi connectivity index (χ4v) is 1.41. The van der Waals surface area contributed by atoms with Crippen molar-refractivity contribution in [1.82, 2.24) is 5.43 Å². The summed E-state index contributed by atoms with van der Waals surface area (Å²) in [6.07, 6.45) is 1.44. The Hall–Kier alpha value is -1.16. The number of benzene rings is 1. The normalized spacial score (nSPS) is 14.2. The van der Waals surface area contributed by atoms with Crippen LogP contribution in [0.3, 0.4) is 0 Å². The highest BCUT2D eigenvalue weighted by Gasteiger charge is 2.08. The van der Waals surface area contributed by atoms with Gasteiger partial charge in [-0.25, -0.2) is 4.99 Å². The topological polar surface area (TPSA) is 38.8 Å². The lowest BCUT2D eigenvalue weighted by atomic mass is 10.2. The number of amidine groups is 1. The van der Waals surface area contributed by atoms with Crippen molar-refractivity contribution < 1.29 is 0 Å². The molecule has 1 aliphatic heterocycles. The first-order valence-corrected chi connectivity index (χ1v) is 4.22. The molecule has 0 aliphatic carbocycles. The minimum Gasteiger partial charge on any atom is -0.213 e. The number of rotatable bonds is 1. The second-order valence-corrected chi connectivity index (χ2v) is 3.12. The van der Waals surface area contributed by atoms with Crippen molar-refractivity contribution in [3.05, 3.63) is 34.3 Å². The summed E-state index contributed by atoms with van der Waals surface area (Å²) in [4.78, 5) is 4.00. The Kier molecular flexibility index (Phi) is 1.91. The Labute approximate surface area is 78.3 Å². The van der Waals surface area contributed by atoms with Crippen LogP contribution in [0.4, 0.5) is 0 Å². The van der Waals surface area contributed by atoms with E-state index in [2.05, 4.69) is 31.4 Å². The quantitative estimate of drug-likeness (QED) is 0.695. The molecule has 2 rings (SSSR count). The number of nitrogens with zero attached hydrogens (tertiary/aromatic N) is 3. The van der Waals surface area contributed by atoms with Crippen LogP contribution in [0.2, 0.25) is 0 Å². The standard InChI is InChI=1S/C8H5BrN3/c9-7-4-2-1-3-6(7)8-10-5-11-12-8/h1-5H. The van der Waals surface area contributed by atoms with Crippen molar-refractivity contribution in [3.8, 4) is 0 Å². The lowest BCUT2D eigenvalue weighted by Gasteiger charge is -1.98. The molecular formula is C8H5BrN3. The van der Waals surface area contributed by atoms with E-state index in [0.717, 1.165) is 10.0 Å². The van der Waals surface area contributed by atoms with E-state index in [-0.39, 0.29) is 0 Å². The summed E-state index contributed by atoms with van der Waals surface area (Å²) in [5, 5.41) is 3.86. The Balaban J connectivity index is 2.46. The molecule has 0 saturated carbocycles. The maximum atomic E-state index is 4.00. The van der Waals surface area contributed by atoms with Gasteiger partial charge in [-0.05, 0) is 12.1 Å². The smallest absolute Gasteiger partial charge is 0.184 e. The molecule has 1 aromatic rings. The molecule has 0 N–H and O–H groups in total. The van der Waals surface area contributed by atoms with Crippen molar-refractivity contribution in [2.45, 2.75) is 0 Å². The fourth-order valence-electron chi connectivity index (χ4n) is 0.953. The van der Waals surface area contributed by atoms with Crippen LogP contribution in [-0.4, -0.2) is 12.2 Å². The van der Waals surface area contributed by atoms with Gasteiger partial charge in [-0.3, -0.25) is 0 Å². The van der Waals surface area contributed by atoms with Crippen molar-refractivity contribution in [2.24, 2.45) is 10.1 Å². The van der Waals surface area contributed by atoms with Gasteiger partial charge in [0.15, 0.2) is 5.84 Å². The maximum absolute atomic E-state index is 4.00. The van der Waals surface area contributed by atoms with Crippen molar-refractivity contribution in [2.75, 3.05) is 0 Å². The summed E-state index contributed by atoms with van der Waals surface area (Å²) in [7, 11) is 0. The zero-order chi connectivity index (χ0) is 8.39. The number of hydrogen-bond donors (Lipinski definition) is 0. The SMILES string of the molecule is Brc1ccccc1C1=N[N]C=N1. The molecule has 1 heterocycles. The van der Waals surface area contributed by atoms with Crippen LogP contribution in [-0.2, 0) is 0 Å². The summed E-state index contributed by atoms with van der Waals surface area (Å²) in [5.74, 6) is 0.655. The predicted molar refractivity (Wildman–Crippen MR) is 51.3 cm³/mol. The van der Waals surface area contributed by atoms with E-state index in [1.807, 2.05) is 24.3 Å². The molecule has 0 bridgehead atoms. The van der Waals surface area contributed by atoms with Gasteiger partial charge in [-0.15, -0.1) is 10.5 Å². The highest BCUT2D eigenvalue weighted by Crippen LogP contribution is 2.17. The van der Waals surface area contributed by atoms with Gasteiger partial charge in [0, 0.05) is 10.0 Å². The third kappa shape index (κ3) is 1.25. The third-order valence-electron chi connectivity index (χ3n) is 1.50. The van der Waals surface area contributed by atoms with E-state index in [0.29, 0.717) is 5.84 Å². The van der Waals surface area contributed by atoms with Gasteiger partial charge in [-0.2, -0.15) is 0 Å². The molecule has 59 valence electrons. The van der Waals surface area contributed by atoms with Gasteiger partial charge in [0.25, 0.3) is 0 Å². The van der Waals surface area contributed by atoms with Gasteiger partial charge in [0.05, 0.1) is 0 Å². The fraction of sp³-hybridized carbons (Fsp3) is 0. The average molecular weight is 223 g/mol. The molecule has 3 nitrogen and oxygen atoms in total. The molecule has 0 aromatic heterocycles. The predicted octanol–water partition coefficient (Wildman–Crippen LogP) is 1.76. The molecule has 0 fully saturated rings. The van der Waals surface area contributed by atoms with E-state index in [1.54, 1.807) is 0 Å². The summed E-state index contributed by atoms with van der Waals surface area (Å²) in [6, 6.07) is 7.78. The molecule has 12 heavy (non-hydrogen) atoms. The second kappa shape index (κ2) is 3.06. The largest absolute Gasteiger partial charge is 0.213 e. The van der Waals surface area contributed by atoms with Gasteiger partial charge in [0.1, 0.15) is 6.34 Å². The first-order chi connectivity index (χ1) is 5.88. The number of hydrogen-bond acceptors (Lipinski definition) is 2. The summed E-state index contributed by atoms with van der Waals surface area (Å²) in [5.41, 5.74) is 4.63. The first-order valence-electron chi connectivity index (χ1n) is 3.43. The molecule has 0 atom stereocenters. The minimum atomic E-state index is 0.655. The van der Waals surface area contributed by atoms with Gasteiger partial charge >= 0.3 is 0 Å². The lowest BCUT2D eigenvalue weighted by molar-refractivity contribution is 1.06. The van der Waals surface area contributed by atoms with Crippen LogP contribution in [0.15, 0.2) is 38.8 Å². The van der Waals surface area contributed by atoms with Crippen LogP contribution >= 0.6 is 15.9 Å². The molecule has 0 spiro atoms. The van der Waals surface area contributed by atoms with Crippen molar-refractivity contribution in [3.63, 3.8) is 0 Å². The zero-order valence-electron chi connectivity index (χ0n) is 6.11. The van der Waals surface area contributed by atoms with Gasteiger partial charge in [-0.1, -0.05) is 28.1 Å². The monoisotopic (exact) mass is 222 g/mol. The van der Waals surface area contributed by atoms with Gasteiger partial charge in [0.2, 0.25) is 0 Å². The second-order valence-electron chi connectivity index (χ2n) is 2.26. The molecular weight excluding hydrogens is 218 g/mol. The van der Waals surface area contributed by atoms with E-state index >= 15 is 0 Å². The zero-order valence-corrected chi connectivity index (χ0v) is 7.69. The molecule has 1 aliphatic rings. The first kappa shape index (κ1) is 7.49. The third-order valence-corrected chi connectivity index (χ3v) is 2.19. The van der Waals surface area contributed by atoms with E-state index in [4.69, 9.17) is 0 Å². The molecule has 1 radical (unpaired) electrons. The van der Waals surface area contributed by atoms with Crippen molar-refractivity contribution in [1.29, 1.82) is 0 Å². The Morgan fingerprint density at radius 2 is 2.00 bits per heavy atom. The van der Waals surface area contributed by atoms with Gasteiger partial charge < -0.3 is 0 Å². The lowest BCUT2D eigenvalue weighted by Crippen LogP contribution is -1.94. The van der Waals surface area contributed by atoms with E-state index in [1.165, 1.54) is 6.34 Å².